The molecular weight excluding hydrogens is 755 g/mol. The Morgan fingerprint density at radius 1 is 0.516 bits per heavy atom. The van der Waals surface area contributed by atoms with Crippen LogP contribution in [-0.4, -0.2) is 20.8 Å². The summed E-state index contributed by atoms with van der Waals surface area (Å²) in [5, 5.41) is 0. The van der Waals surface area contributed by atoms with Gasteiger partial charge in [-0.2, -0.15) is 0 Å². The Bertz CT molecular complexity index is 3910. The topological polar surface area (TPSA) is 35.9 Å². The monoisotopic (exact) mass is 807 g/mol. The Kier molecular flexibility index (Phi) is 6.60. The van der Waals surface area contributed by atoms with Gasteiger partial charge in [0, 0.05) is 11.8 Å². The maximum Gasteiger partial charge on any atom is 0.288 e. The molecule has 0 spiro atoms. The van der Waals surface area contributed by atoms with E-state index in [2.05, 4.69) is 35.2 Å². The summed E-state index contributed by atoms with van der Waals surface area (Å²) in [5.41, 5.74) is 4.67. The summed E-state index contributed by atoms with van der Waals surface area (Å²) in [5.74, 6) is 0.906. The molecule has 11 rings (SSSR count). The van der Waals surface area contributed by atoms with Crippen molar-refractivity contribution in [1.29, 1.82) is 0 Å². The number of aromatic nitrogens is 4. The van der Waals surface area contributed by atoms with Crippen LogP contribution in [-0.2, 0) is 0 Å². The van der Waals surface area contributed by atoms with E-state index in [0.29, 0.717) is 33.7 Å². The molecule has 5 nitrogen and oxygen atoms in total. The smallest absolute Gasteiger partial charge is 0.288 e. The largest absolute Gasteiger partial charge is 0.458 e. The molecule has 0 saturated carbocycles. The van der Waals surface area contributed by atoms with Gasteiger partial charge in [-0.3, -0.25) is 9.13 Å². The van der Waals surface area contributed by atoms with Crippen LogP contribution in [0.4, 0.5) is 0 Å². The number of benzene rings is 9. The highest BCUT2D eigenvalue weighted by atomic mass is 16.5. The molecule has 292 valence electrons. The van der Waals surface area contributed by atoms with Crippen LogP contribution < -0.4 is 26.0 Å². The van der Waals surface area contributed by atoms with Crippen LogP contribution in [0.1, 0.15) is 17.8 Å². The van der Waals surface area contributed by atoms with E-state index in [0.717, 1.165) is 27.9 Å². The van der Waals surface area contributed by atoms with Crippen LogP contribution in [0.5, 0.6) is 11.5 Å². The number of rotatable bonds is 10. The highest BCUT2D eigenvalue weighted by molar-refractivity contribution is 6.94. The van der Waals surface area contributed by atoms with Crippen LogP contribution in [0.3, 0.4) is 0 Å². The van der Waals surface area contributed by atoms with Crippen molar-refractivity contribution in [2.45, 2.75) is 0 Å². The van der Waals surface area contributed by atoms with Crippen molar-refractivity contribution in [2.24, 2.45) is 0 Å². The zero-order valence-corrected chi connectivity index (χ0v) is 32.8. The Labute approximate surface area is 379 Å². The first-order valence-electron chi connectivity index (χ1n) is 26.4. The standard InChI is InChI=1S/C56H39BN4O/c1-6-20-41(21-7-1)49-32-19-33-50(42-22-8-2-9-23-42)55(49)60-40-59(53-34-16-17-35-54(53)60)46-30-18-31-47(38-46)62-48-36-37-52-51(39-48)58-56(61(52)45-28-14-5-15-29-45)57(43-24-10-3-11-25-43)44-26-12-4-13-27-44/h1-39H/i1D,2D,6D,7D,8D,9D,19D,20D,21D,22D,23D,32D,33D. The molecule has 0 saturated heterocycles. The van der Waals surface area contributed by atoms with E-state index in [1.165, 1.54) is 4.57 Å². The van der Waals surface area contributed by atoms with Gasteiger partial charge in [0.2, 0.25) is 0 Å². The van der Waals surface area contributed by atoms with E-state index in [4.69, 9.17) is 24.8 Å². The second-order valence-corrected chi connectivity index (χ2v) is 14.4. The molecular formula is C56H39BN4O. The highest BCUT2D eigenvalue weighted by Crippen LogP contribution is 2.35. The summed E-state index contributed by atoms with van der Waals surface area (Å²) < 4.78 is 127. The fourth-order valence-corrected chi connectivity index (χ4v) is 7.94. The van der Waals surface area contributed by atoms with Gasteiger partial charge in [-0.1, -0.05) is 199 Å². The third-order valence-electron chi connectivity index (χ3n) is 10.6. The van der Waals surface area contributed by atoms with Gasteiger partial charge in [-0.25, -0.2) is 4.98 Å². The maximum absolute atomic E-state index is 9.36. The Balaban J connectivity index is 1.09. The Morgan fingerprint density at radius 3 is 1.76 bits per heavy atom. The average Bonchev–Trinajstić information content (AvgIpc) is 4.01. The van der Waals surface area contributed by atoms with E-state index in [-0.39, 0.29) is 12.4 Å². The molecule has 11 aromatic rings. The lowest BCUT2D eigenvalue weighted by Gasteiger charge is -2.17. The van der Waals surface area contributed by atoms with Gasteiger partial charge in [0.15, 0.2) is 0 Å². The van der Waals surface area contributed by atoms with Gasteiger partial charge in [-0.05, 0) is 64.7 Å². The first kappa shape index (κ1) is 25.4. The lowest BCUT2D eigenvalue weighted by Crippen LogP contribution is -2.55. The molecule has 9 aromatic carbocycles. The lowest BCUT2D eigenvalue weighted by molar-refractivity contribution is -0.571. The van der Waals surface area contributed by atoms with Crippen LogP contribution in [0, 0.1) is 6.33 Å². The van der Waals surface area contributed by atoms with Crippen LogP contribution in [0.15, 0.2) is 236 Å². The molecule has 62 heavy (non-hydrogen) atoms. The molecule has 0 aliphatic heterocycles. The van der Waals surface area contributed by atoms with Crippen molar-refractivity contribution in [3.05, 3.63) is 243 Å². The Hall–Kier alpha value is -8.22. The van der Waals surface area contributed by atoms with Gasteiger partial charge < -0.3 is 9.30 Å². The highest BCUT2D eigenvalue weighted by Gasteiger charge is 2.29. The number of ether oxygens (including phenoxy) is 1. The summed E-state index contributed by atoms with van der Waals surface area (Å²) >= 11 is 0. The molecule has 0 fully saturated rings. The zero-order chi connectivity index (χ0) is 52.6. The third-order valence-corrected chi connectivity index (χ3v) is 10.6. The van der Waals surface area contributed by atoms with E-state index in [1.807, 2.05) is 84.9 Å². The number of hydrogen-bond donors (Lipinski definition) is 0. The number of hydrogen-bond acceptors (Lipinski definition) is 2. The minimum atomic E-state index is -0.773. The van der Waals surface area contributed by atoms with Crippen molar-refractivity contribution in [2.75, 3.05) is 0 Å². The molecule has 0 aliphatic carbocycles. The van der Waals surface area contributed by atoms with Crippen LogP contribution >= 0.6 is 0 Å². The van der Waals surface area contributed by atoms with Crippen molar-refractivity contribution >= 4 is 45.4 Å². The number of fused-ring (bicyclic) bond motifs is 2. The minimum absolute atomic E-state index is 0.219. The molecule has 2 aromatic heterocycles. The number of para-hydroxylation sites is 4. The molecule has 2 heterocycles. The number of imidazole rings is 2. The summed E-state index contributed by atoms with van der Waals surface area (Å²) in [4.78, 5) is 5.33. The van der Waals surface area contributed by atoms with E-state index < -0.39 is 101 Å². The third kappa shape index (κ3) is 6.84. The summed E-state index contributed by atoms with van der Waals surface area (Å²) in [6.45, 7) is -0.219. The van der Waals surface area contributed by atoms with Crippen molar-refractivity contribution < 1.29 is 27.1 Å². The average molecular weight is 808 g/mol. The quantitative estimate of drug-likeness (QED) is 0.0784. The van der Waals surface area contributed by atoms with Crippen LogP contribution in [0.2, 0.25) is 0 Å². The van der Waals surface area contributed by atoms with E-state index in [1.54, 1.807) is 53.1 Å². The molecule has 6 heteroatoms. The molecule has 0 aliphatic rings. The second kappa shape index (κ2) is 16.1. The molecule has 0 N–H and O–H groups in total. The number of nitrogens with zero attached hydrogens (tertiary/aromatic N) is 4. The molecule has 0 amide bonds. The Morgan fingerprint density at radius 2 is 1.10 bits per heavy atom. The lowest BCUT2D eigenvalue weighted by atomic mass is 9.40. The fourth-order valence-electron chi connectivity index (χ4n) is 7.94. The molecule has 0 bridgehead atoms. The van der Waals surface area contributed by atoms with Crippen molar-refractivity contribution in [3.8, 4) is 50.8 Å². The summed E-state index contributed by atoms with van der Waals surface area (Å²) in [6.07, 6.45) is 3.28. The maximum atomic E-state index is 9.36. The predicted molar refractivity (Wildman–Crippen MR) is 253 cm³/mol. The zero-order valence-electron chi connectivity index (χ0n) is 45.8. The fraction of sp³-hybridized carbons (Fsp3) is 0. The van der Waals surface area contributed by atoms with E-state index >= 15 is 0 Å². The SMILES string of the molecule is [2H]c1c([2H])c([2H])c(-c2c([2H])c([2H])c([2H])c(-c3c([2H])c([2H])c([2H])c([2H])c3[2H])c2-[n+]2[c-]n(-c3cccc(Oc4ccc5c(c4)nc(B(c4ccccc4)c4ccccc4)n5-c4ccccc4)c3)c3ccccc32)c([2H])c1[2H]. The van der Waals surface area contributed by atoms with Crippen molar-refractivity contribution in [1.82, 2.24) is 14.1 Å². The first-order valence-corrected chi connectivity index (χ1v) is 19.9. The second-order valence-electron chi connectivity index (χ2n) is 14.4. The normalized spacial score (nSPS) is 14.2. The molecule has 0 unspecified atom stereocenters. The van der Waals surface area contributed by atoms with Gasteiger partial charge in [0.05, 0.1) is 57.0 Å². The van der Waals surface area contributed by atoms with Crippen molar-refractivity contribution in [3.63, 3.8) is 0 Å². The first-order chi connectivity index (χ1) is 36.2. The van der Waals surface area contributed by atoms with Gasteiger partial charge in [-0.15, -0.1) is 0 Å². The van der Waals surface area contributed by atoms with E-state index in [9.17, 15) is 2.74 Å². The van der Waals surface area contributed by atoms with Crippen LogP contribution in [0.25, 0.3) is 61.4 Å². The summed E-state index contributed by atoms with van der Waals surface area (Å²) in [6, 6.07) is 40.9. The minimum Gasteiger partial charge on any atom is -0.458 e. The predicted octanol–water partition coefficient (Wildman–Crippen LogP) is 10.7. The van der Waals surface area contributed by atoms with Gasteiger partial charge >= 0.3 is 0 Å². The van der Waals surface area contributed by atoms with Gasteiger partial charge in [0.1, 0.15) is 11.5 Å². The summed E-state index contributed by atoms with van der Waals surface area (Å²) in [7, 11) is 0. The van der Waals surface area contributed by atoms with Gasteiger partial charge in [0.25, 0.3) is 13.0 Å². The molecule has 0 atom stereocenters. The molecule has 0 radical (unpaired) electrons.